The number of benzene rings is 3. The third-order valence-corrected chi connectivity index (χ3v) is 10.9. The van der Waals surface area contributed by atoms with Crippen LogP contribution in [-0.4, -0.2) is 83.1 Å². The van der Waals surface area contributed by atoms with E-state index in [0.717, 1.165) is 11.1 Å². The molecule has 3 amide bonds. The Morgan fingerprint density at radius 2 is 1.65 bits per heavy atom. The molecular formula is C39H41N7O9S2. The Balaban J connectivity index is 1.20. The van der Waals surface area contributed by atoms with Gasteiger partial charge in [-0.3, -0.25) is 23.9 Å². The van der Waals surface area contributed by atoms with Gasteiger partial charge in [0.15, 0.2) is 5.16 Å². The van der Waals surface area contributed by atoms with Gasteiger partial charge in [-0.15, -0.1) is 27.4 Å². The zero-order valence-corrected chi connectivity index (χ0v) is 33.0. The maximum absolute atomic E-state index is 14.1. The van der Waals surface area contributed by atoms with E-state index in [-0.39, 0.29) is 23.9 Å². The van der Waals surface area contributed by atoms with Crippen molar-refractivity contribution in [2.75, 3.05) is 11.5 Å². The van der Waals surface area contributed by atoms with Crippen molar-refractivity contribution in [1.82, 2.24) is 35.8 Å². The van der Waals surface area contributed by atoms with Crippen LogP contribution in [0.1, 0.15) is 56.5 Å². The average Bonchev–Trinajstić information content (AvgIpc) is 3.63. The molecule has 6 rings (SSSR count). The maximum atomic E-state index is 14.1. The molecule has 18 heteroatoms. The minimum atomic E-state index is -1.32. The van der Waals surface area contributed by atoms with Crippen LogP contribution in [0.5, 0.6) is 5.75 Å². The fourth-order valence-electron chi connectivity index (χ4n) is 6.06. The van der Waals surface area contributed by atoms with Crippen molar-refractivity contribution in [3.05, 3.63) is 119 Å². The van der Waals surface area contributed by atoms with E-state index in [1.54, 1.807) is 49.6 Å². The molecule has 1 fully saturated rings. The highest BCUT2D eigenvalue weighted by molar-refractivity contribution is 8.01. The Bertz CT molecular complexity index is 2100. The number of carboxylic acids is 1. The largest absolute Gasteiger partial charge is 0.481 e. The van der Waals surface area contributed by atoms with Crippen LogP contribution in [0.2, 0.25) is 0 Å². The van der Waals surface area contributed by atoms with Crippen LogP contribution in [0, 0.1) is 0 Å². The van der Waals surface area contributed by atoms with Gasteiger partial charge in [0, 0.05) is 18.4 Å². The lowest BCUT2D eigenvalue weighted by Gasteiger charge is -2.49. The summed E-state index contributed by atoms with van der Waals surface area (Å²) in [5.41, 5.74) is 4.08. The summed E-state index contributed by atoms with van der Waals surface area (Å²) in [5, 5.41) is 23.3. The van der Waals surface area contributed by atoms with E-state index in [1.165, 1.54) is 41.7 Å². The lowest BCUT2D eigenvalue weighted by Crippen LogP contribution is -2.71. The summed E-state index contributed by atoms with van der Waals surface area (Å²) >= 11 is 2.50. The molecule has 1 saturated heterocycles. The van der Waals surface area contributed by atoms with Crippen LogP contribution < -0.4 is 20.9 Å². The van der Waals surface area contributed by atoms with E-state index in [0.29, 0.717) is 22.0 Å². The summed E-state index contributed by atoms with van der Waals surface area (Å²) in [6.45, 7) is 6.39. The third kappa shape index (κ3) is 10.1. The first-order valence-corrected chi connectivity index (χ1v) is 19.8. The van der Waals surface area contributed by atoms with Crippen molar-refractivity contribution in [1.29, 1.82) is 0 Å². The van der Waals surface area contributed by atoms with Gasteiger partial charge < -0.3 is 30.1 Å². The minimum Gasteiger partial charge on any atom is -0.481 e. The van der Waals surface area contributed by atoms with Gasteiger partial charge in [-0.25, -0.2) is 9.59 Å². The van der Waals surface area contributed by atoms with Gasteiger partial charge in [0.2, 0.25) is 5.91 Å². The first kappa shape index (κ1) is 40.8. The van der Waals surface area contributed by atoms with Crippen LogP contribution in [0.25, 0.3) is 0 Å². The third-order valence-electron chi connectivity index (χ3n) is 8.53. The van der Waals surface area contributed by atoms with Gasteiger partial charge in [-0.2, -0.15) is 0 Å². The molecule has 2 aliphatic heterocycles. The quantitative estimate of drug-likeness (QED) is 0.0738. The molecular weight excluding hydrogens is 775 g/mol. The SMILES string of the molecule is CC(=O)ONCn1cnnc1SCC1=C(C(=O)O)N2C(=O)C(NC(=O)C(NC(=O)OC(C)(C)C)c3cccc(OC(c4ccccc4)c4ccccc4)c3)[C@@H]2SC1. The number of rotatable bonds is 15. The standard InChI is InChI=1S/C39H41N7O9S2/c1-23(47)55-41-22-45-21-40-44-37(45)57-20-27-19-56-35-30(34(49)46(35)31(27)36(50)51)42-33(48)29(43-38(52)54-39(2,3)4)26-16-11-17-28(18-26)53-32(24-12-7-5-8-13-24)25-14-9-6-10-15-25/h5-18,21,29-30,32,35,41H,19-20,22H2,1-4H3,(H,42,48)(H,43,52)(H,50,51)/t29?,30?,35-/m0/s1. The highest BCUT2D eigenvalue weighted by atomic mass is 32.2. The molecule has 4 aromatic rings. The summed E-state index contributed by atoms with van der Waals surface area (Å²) in [6.07, 6.45) is 0.0762. The fourth-order valence-corrected chi connectivity index (χ4v) is 8.46. The molecule has 0 bridgehead atoms. The molecule has 57 heavy (non-hydrogen) atoms. The van der Waals surface area contributed by atoms with Crippen molar-refractivity contribution in [3.8, 4) is 5.75 Å². The molecule has 0 radical (unpaired) electrons. The van der Waals surface area contributed by atoms with Crippen molar-refractivity contribution in [3.63, 3.8) is 0 Å². The normalized spacial score (nSPS) is 16.9. The number of thioether (sulfide) groups is 2. The number of hydroxylamine groups is 1. The van der Waals surface area contributed by atoms with E-state index in [4.69, 9.17) is 14.3 Å². The molecule has 3 heterocycles. The Morgan fingerprint density at radius 1 is 0.982 bits per heavy atom. The Labute approximate surface area is 336 Å². The molecule has 0 spiro atoms. The number of carboxylic acid groups (broad SMARTS) is 1. The zero-order valence-electron chi connectivity index (χ0n) is 31.4. The van der Waals surface area contributed by atoms with Gasteiger partial charge in [-0.1, -0.05) is 84.6 Å². The van der Waals surface area contributed by atoms with Crippen LogP contribution >= 0.6 is 23.5 Å². The Hall–Kier alpha value is -5.85. The second kappa shape index (κ2) is 18.0. The van der Waals surface area contributed by atoms with Crippen molar-refractivity contribution in [2.24, 2.45) is 0 Å². The van der Waals surface area contributed by atoms with Crippen LogP contribution in [0.4, 0.5) is 4.79 Å². The van der Waals surface area contributed by atoms with Gasteiger partial charge in [0.05, 0.1) is 0 Å². The number of ether oxygens (including phenoxy) is 2. The van der Waals surface area contributed by atoms with Crippen molar-refractivity contribution >= 4 is 53.4 Å². The zero-order chi connectivity index (χ0) is 40.7. The summed E-state index contributed by atoms with van der Waals surface area (Å²) in [5.74, 6) is -2.30. The Morgan fingerprint density at radius 3 is 2.28 bits per heavy atom. The fraction of sp³-hybridized carbons (Fsp3) is 0.308. The van der Waals surface area contributed by atoms with Gasteiger partial charge in [0.1, 0.15) is 53.6 Å². The molecule has 2 aliphatic rings. The number of β-lactam (4-membered cyclic amide) rings is 1. The number of hydrogen-bond donors (Lipinski definition) is 4. The molecule has 3 aromatic carbocycles. The van der Waals surface area contributed by atoms with Crippen LogP contribution in [0.15, 0.2) is 108 Å². The maximum Gasteiger partial charge on any atom is 0.408 e. The molecule has 3 atom stereocenters. The molecule has 16 nitrogen and oxygen atoms in total. The Kier molecular flexibility index (Phi) is 12.9. The number of carbonyl (C=O) groups is 5. The number of nitrogens with one attached hydrogen (secondary N) is 3. The number of hydrogen-bond acceptors (Lipinski definition) is 13. The molecule has 0 saturated carbocycles. The number of nitrogens with zero attached hydrogens (tertiary/aromatic N) is 4. The van der Waals surface area contributed by atoms with Crippen LogP contribution in [0.3, 0.4) is 0 Å². The number of amides is 3. The second-order valence-electron chi connectivity index (χ2n) is 13.9. The van der Waals surface area contributed by atoms with Gasteiger partial charge in [0.25, 0.3) is 5.91 Å². The summed E-state index contributed by atoms with van der Waals surface area (Å²) in [6, 6.07) is 23.7. The number of carbonyl (C=O) groups excluding carboxylic acids is 4. The van der Waals surface area contributed by atoms with Gasteiger partial charge in [-0.05, 0) is 55.2 Å². The predicted molar refractivity (Wildman–Crippen MR) is 209 cm³/mol. The summed E-state index contributed by atoms with van der Waals surface area (Å²) < 4.78 is 13.6. The molecule has 1 aromatic heterocycles. The molecule has 298 valence electrons. The first-order chi connectivity index (χ1) is 27.3. The smallest absolute Gasteiger partial charge is 0.408 e. The predicted octanol–water partition coefficient (Wildman–Crippen LogP) is 4.57. The highest BCUT2D eigenvalue weighted by Crippen LogP contribution is 2.42. The van der Waals surface area contributed by atoms with E-state index < -0.39 is 59.0 Å². The first-order valence-electron chi connectivity index (χ1n) is 17.8. The van der Waals surface area contributed by atoms with Gasteiger partial charge >= 0.3 is 18.0 Å². The molecule has 4 N–H and O–H groups in total. The lowest BCUT2D eigenvalue weighted by molar-refractivity contribution is -0.151. The summed E-state index contributed by atoms with van der Waals surface area (Å²) in [4.78, 5) is 70.5. The van der Waals surface area contributed by atoms with E-state index in [9.17, 15) is 29.1 Å². The van der Waals surface area contributed by atoms with E-state index in [2.05, 4.69) is 26.3 Å². The average molecular weight is 816 g/mol. The molecule has 2 unspecified atom stereocenters. The van der Waals surface area contributed by atoms with Crippen LogP contribution in [-0.2, 0) is 35.4 Å². The van der Waals surface area contributed by atoms with E-state index >= 15 is 0 Å². The molecule has 0 aliphatic carbocycles. The lowest BCUT2D eigenvalue weighted by atomic mass is 10.0. The summed E-state index contributed by atoms with van der Waals surface area (Å²) in [7, 11) is 0. The number of aromatic nitrogens is 3. The number of fused-ring (bicyclic) bond motifs is 1. The van der Waals surface area contributed by atoms with Crippen molar-refractivity contribution in [2.45, 2.75) is 68.7 Å². The number of alkyl carbamates (subject to hydrolysis) is 1. The topological polar surface area (TPSA) is 203 Å². The van der Waals surface area contributed by atoms with Crippen molar-refractivity contribution < 1.29 is 43.4 Å². The highest BCUT2D eigenvalue weighted by Gasteiger charge is 2.54. The number of aliphatic carboxylic acids is 1. The minimum absolute atomic E-state index is 0.0611. The van der Waals surface area contributed by atoms with E-state index in [1.807, 2.05) is 60.7 Å². The second-order valence-corrected chi connectivity index (χ2v) is 15.9. The monoisotopic (exact) mass is 815 g/mol.